The van der Waals surface area contributed by atoms with Crippen LogP contribution in [-0.2, 0) is 9.31 Å². The average molecular weight is 291 g/mol. The lowest BCUT2D eigenvalue weighted by Crippen LogP contribution is -2.34. The van der Waals surface area contributed by atoms with E-state index >= 15 is 0 Å². The van der Waals surface area contributed by atoms with E-state index in [2.05, 4.69) is 5.32 Å². The predicted molar refractivity (Wildman–Crippen MR) is 80.0 cm³/mol. The Hall–Kier alpha value is -1.57. The molecular weight excluding hydrogens is 277 g/mol. The number of carboxylic acid groups (broad SMARTS) is 1. The van der Waals surface area contributed by atoms with Gasteiger partial charge in [0.15, 0.2) is 0 Å². The van der Waals surface area contributed by atoms with Gasteiger partial charge in [0, 0.05) is 4.70 Å². The van der Waals surface area contributed by atoms with Crippen molar-refractivity contribution in [1.29, 1.82) is 0 Å². The zero-order valence-corrected chi connectivity index (χ0v) is 12.0. The summed E-state index contributed by atoms with van der Waals surface area (Å²) in [7, 11) is -0.402. The Labute approximate surface area is 120 Å². The summed E-state index contributed by atoms with van der Waals surface area (Å²) < 4.78 is 12.6. The van der Waals surface area contributed by atoms with Crippen LogP contribution in [0.2, 0.25) is 0 Å². The molecule has 3 rings (SSSR count). The highest BCUT2D eigenvalue weighted by atomic mass is 32.1. The van der Waals surface area contributed by atoms with Crippen LogP contribution in [0.3, 0.4) is 0 Å². The van der Waals surface area contributed by atoms with Crippen molar-refractivity contribution in [2.24, 2.45) is 0 Å². The van der Waals surface area contributed by atoms with Gasteiger partial charge in [0.25, 0.3) is 0 Å². The normalized spacial score (nSPS) is 17.6. The standard InChI is InChI=1S/C13H14BNO4S/c1-13(2)7-18-14(19-13)9-4-3-5-10-8(9)6-11(20-10)15-12(16)17/h3-6,15H,7H2,1-2H3,(H,16,17). The van der Waals surface area contributed by atoms with Gasteiger partial charge in [-0.05, 0) is 36.8 Å². The Morgan fingerprint density at radius 3 is 2.95 bits per heavy atom. The van der Waals surface area contributed by atoms with Gasteiger partial charge < -0.3 is 14.4 Å². The molecule has 1 aromatic heterocycles. The molecule has 2 aromatic rings. The first-order valence-electron chi connectivity index (χ1n) is 6.26. The molecule has 0 aliphatic carbocycles. The van der Waals surface area contributed by atoms with Crippen molar-refractivity contribution in [3.05, 3.63) is 24.3 Å². The summed E-state index contributed by atoms with van der Waals surface area (Å²) in [5.41, 5.74) is 0.633. The Kier molecular flexibility index (Phi) is 3.20. The second-order valence-corrected chi connectivity index (χ2v) is 6.40. The summed E-state index contributed by atoms with van der Waals surface area (Å²) in [6.45, 7) is 4.51. The maximum Gasteiger partial charge on any atom is 0.495 e. The van der Waals surface area contributed by atoms with Crippen LogP contribution in [0.1, 0.15) is 13.8 Å². The third-order valence-corrected chi connectivity index (χ3v) is 4.10. The molecule has 1 aliphatic rings. The van der Waals surface area contributed by atoms with Crippen LogP contribution < -0.4 is 10.8 Å². The zero-order valence-electron chi connectivity index (χ0n) is 11.2. The Morgan fingerprint density at radius 2 is 2.30 bits per heavy atom. The van der Waals surface area contributed by atoms with Gasteiger partial charge in [-0.3, -0.25) is 5.32 Å². The number of nitrogens with one attached hydrogen (secondary N) is 1. The van der Waals surface area contributed by atoms with Crippen molar-refractivity contribution >= 4 is 45.1 Å². The molecular formula is C13H14BNO4S. The lowest BCUT2D eigenvalue weighted by molar-refractivity contribution is 0.137. The van der Waals surface area contributed by atoms with Crippen molar-refractivity contribution < 1.29 is 19.2 Å². The first-order valence-corrected chi connectivity index (χ1v) is 7.08. The maximum atomic E-state index is 10.7. The highest BCUT2D eigenvalue weighted by Gasteiger charge is 2.39. The summed E-state index contributed by atoms with van der Waals surface area (Å²) in [6, 6.07) is 7.65. The largest absolute Gasteiger partial charge is 0.495 e. The summed E-state index contributed by atoms with van der Waals surface area (Å²) in [6.07, 6.45) is -1.06. The van der Waals surface area contributed by atoms with Crippen LogP contribution in [0.5, 0.6) is 0 Å². The Balaban J connectivity index is 1.99. The number of anilines is 1. The lowest BCUT2D eigenvalue weighted by Gasteiger charge is -2.15. The molecule has 0 spiro atoms. The van der Waals surface area contributed by atoms with Crippen LogP contribution in [-0.4, -0.2) is 30.5 Å². The van der Waals surface area contributed by atoms with E-state index in [1.54, 1.807) is 0 Å². The molecule has 0 atom stereocenters. The van der Waals surface area contributed by atoms with Crippen molar-refractivity contribution in [1.82, 2.24) is 0 Å². The monoisotopic (exact) mass is 291 g/mol. The maximum absolute atomic E-state index is 10.7. The second-order valence-electron chi connectivity index (χ2n) is 5.32. The summed E-state index contributed by atoms with van der Waals surface area (Å²) in [5, 5.41) is 12.7. The van der Waals surface area contributed by atoms with Gasteiger partial charge in [-0.1, -0.05) is 12.1 Å². The third-order valence-electron chi connectivity index (χ3n) is 3.09. The smallest absolute Gasteiger partial charge is 0.465 e. The number of amides is 1. The fourth-order valence-electron chi connectivity index (χ4n) is 2.24. The van der Waals surface area contributed by atoms with E-state index in [1.807, 2.05) is 38.1 Å². The SMILES string of the molecule is CC1(C)COB(c2cccc3sc(NC(=O)O)cc23)O1. The molecule has 1 amide bonds. The van der Waals surface area contributed by atoms with Gasteiger partial charge in [0.1, 0.15) is 0 Å². The number of rotatable bonds is 2. The summed E-state index contributed by atoms with van der Waals surface area (Å²) in [5.74, 6) is 0. The second kappa shape index (κ2) is 4.77. The molecule has 104 valence electrons. The highest BCUT2D eigenvalue weighted by molar-refractivity contribution is 7.23. The average Bonchev–Trinajstić information content (AvgIpc) is 2.90. The first-order chi connectivity index (χ1) is 9.44. The van der Waals surface area contributed by atoms with Crippen LogP contribution in [0, 0.1) is 0 Å². The predicted octanol–water partition coefficient (Wildman–Crippen LogP) is 2.51. The van der Waals surface area contributed by atoms with Crippen molar-refractivity contribution in [3.63, 3.8) is 0 Å². The number of benzene rings is 1. The molecule has 1 fully saturated rings. The number of fused-ring (bicyclic) bond motifs is 1. The van der Waals surface area contributed by atoms with Crippen LogP contribution in [0.25, 0.3) is 10.1 Å². The number of thiophene rings is 1. The summed E-state index contributed by atoms with van der Waals surface area (Å²) >= 11 is 1.40. The molecule has 2 heterocycles. The van der Waals surface area contributed by atoms with Gasteiger partial charge in [0.05, 0.1) is 17.2 Å². The van der Waals surface area contributed by atoms with Crippen molar-refractivity contribution in [2.45, 2.75) is 19.4 Å². The van der Waals surface area contributed by atoms with E-state index in [9.17, 15) is 4.79 Å². The number of hydrogen-bond donors (Lipinski definition) is 2. The molecule has 7 heteroatoms. The minimum Gasteiger partial charge on any atom is -0.465 e. The zero-order chi connectivity index (χ0) is 14.3. The van der Waals surface area contributed by atoms with E-state index in [-0.39, 0.29) is 5.60 Å². The highest BCUT2D eigenvalue weighted by Crippen LogP contribution is 2.30. The minimum absolute atomic E-state index is 0.301. The number of carbonyl (C=O) groups is 1. The van der Waals surface area contributed by atoms with Crippen molar-refractivity contribution in [3.8, 4) is 0 Å². The topological polar surface area (TPSA) is 67.8 Å². The van der Waals surface area contributed by atoms with Gasteiger partial charge in [-0.25, -0.2) is 4.79 Å². The van der Waals surface area contributed by atoms with Crippen LogP contribution in [0.4, 0.5) is 9.80 Å². The van der Waals surface area contributed by atoms with Gasteiger partial charge in [0.2, 0.25) is 0 Å². The molecule has 1 aliphatic heterocycles. The van der Waals surface area contributed by atoms with Gasteiger partial charge in [-0.15, -0.1) is 11.3 Å². The molecule has 0 radical (unpaired) electrons. The molecule has 0 bridgehead atoms. The van der Waals surface area contributed by atoms with E-state index < -0.39 is 13.2 Å². The molecule has 2 N–H and O–H groups in total. The molecule has 0 unspecified atom stereocenters. The first kappa shape index (κ1) is 13.4. The minimum atomic E-state index is -1.06. The van der Waals surface area contributed by atoms with E-state index in [4.69, 9.17) is 14.4 Å². The Morgan fingerprint density at radius 1 is 1.50 bits per heavy atom. The molecule has 5 nitrogen and oxygen atoms in total. The quantitative estimate of drug-likeness (QED) is 0.834. The molecule has 1 aromatic carbocycles. The van der Waals surface area contributed by atoms with E-state index in [0.29, 0.717) is 11.6 Å². The fraction of sp³-hybridized carbons (Fsp3) is 0.308. The Bertz CT molecular complexity index is 669. The molecule has 1 saturated heterocycles. The van der Waals surface area contributed by atoms with E-state index in [1.165, 1.54) is 11.3 Å². The van der Waals surface area contributed by atoms with Gasteiger partial charge in [-0.2, -0.15) is 0 Å². The number of hydrogen-bond acceptors (Lipinski definition) is 4. The van der Waals surface area contributed by atoms with Crippen molar-refractivity contribution in [2.75, 3.05) is 11.9 Å². The van der Waals surface area contributed by atoms with E-state index in [0.717, 1.165) is 15.5 Å². The van der Waals surface area contributed by atoms with Crippen LogP contribution >= 0.6 is 11.3 Å². The van der Waals surface area contributed by atoms with Crippen LogP contribution in [0.15, 0.2) is 24.3 Å². The molecule has 20 heavy (non-hydrogen) atoms. The lowest BCUT2D eigenvalue weighted by atomic mass is 9.77. The fourth-order valence-corrected chi connectivity index (χ4v) is 3.23. The molecule has 0 saturated carbocycles. The summed E-state index contributed by atoms with van der Waals surface area (Å²) in [4.78, 5) is 10.7. The van der Waals surface area contributed by atoms with Gasteiger partial charge >= 0.3 is 13.2 Å². The third kappa shape index (κ3) is 2.52.